The van der Waals surface area contributed by atoms with E-state index in [-0.39, 0.29) is 17.4 Å². The average molecular weight is 332 g/mol. The van der Waals surface area contributed by atoms with E-state index in [1.807, 2.05) is 0 Å². The molecule has 1 aromatic rings. The molecule has 2 saturated carbocycles. The molecule has 0 unspecified atom stereocenters. The molecule has 2 N–H and O–H groups in total. The molecular formula is C18H28N4O2. The van der Waals surface area contributed by atoms with Crippen LogP contribution in [0.5, 0.6) is 0 Å². The Morgan fingerprint density at radius 1 is 1.04 bits per heavy atom. The number of carbonyl (C=O) groups is 1. The minimum Gasteiger partial charge on any atom is -0.356 e. The maximum atomic E-state index is 12.2. The van der Waals surface area contributed by atoms with Gasteiger partial charge in [-0.15, -0.1) is 10.2 Å². The van der Waals surface area contributed by atoms with Crippen LogP contribution in [0.4, 0.5) is 0 Å². The molecule has 132 valence electrons. The Hall–Kier alpha value is -1.72. The summed E-state index contributed by atoms with van der Waals surface area (Å²) in [5.74, 6) is 1.47. The SMILES string of the molecule is O=C(NCCCc1nnc(C2CCCCC2)[nH]c1=O)C1CCCC1. The number of hydrogen-bond donors (Lipinski definition) is 2. The Labute approximate surface area is 142 Å². The number of hydrogen-bond acceptors (Lipinski definition) is 4. The van der Waals surface area contributed by atoms with Gasteiger partial charge in [-0.2, -0.15) is 0 Å². The van der Waals surface area contributed by atoms with E-state index in [1.54, 1.807) is 0 Å². The molecule has 0 aromatic carbocycles. The van der Waals surface area contributed by atoms with E-state index in [4.69, 9.17) is 0 Å². The van der Waals surface area contributed by atoms with Crippen molar-refractivity contribution in [3.63, 3.8) is 0 Å². The van der Waals surface area contributed by atoms with E-state index in [0.717, 1.165) is 50.8 Å². The van der Waals surface area contributed by atoms with Crippen LogP contribution in [0.1, 0.15) is 81.6 Å². The van der Waals surface area contributed by atoms with Crippen LogP contribution in [0.2, 0.25) is 0 Å². The summed E-state index contributed by atoms with van der Waals surface area (Å²) in [5.41, 5.74) is 0.359. The van der Waals surface area contributed by atoms with Crippen LogP contribution < -0.4 is 10.9 Å². The standard InChI is InChI=1S/C18H28N4O2/c23-17(14-9-4-5-10-14)19-12-6-11-15-18(24)20-16(22-21-15)13-7-2-1-3-8-13/h13-14H,1-12H2,(H,19,23)(H,20,22,24). The van der Waals surface area contributed by atoms with Crippen LogP contribution in [-0.2, 0) is 11.2 Å². The van der Waals surface area contributed by atoms with Crippen molar-refractivity contribution in [2.45, 2.75) is 76.5 Å². The number of nitrogens with zero attached hydrogens (tertiary/aromatic N) is 2. The zero-order valence-corrected chi connectivity index (χ0v) is 14.4. The molecule has 6 heteroatoms. The summed E-state index contributed by atoms with van der Waals surface area (Å²) in [5, 5.41) is 11.4. The van der Waals surface area contributed by atoms with Gasteiger partial charge in [0.1, 0.15) is 11.5 Å². The van der Waals surface area contributed by atoms with Crippen molar-refractivity contribution in [1.82, 2.24) is 20.5 Å². The fourth-order valence-electron chi connectivity index (χ4n) is 3.90. The first-order valence-corrected chi connectivity index (χ1v) is 9.47. The van der Waals surface area contributed by atoms with Gasteiger partial charge in [0, 0.05) is 18.4 Å². The van der Waals surface area contributed by atoms with Crippen molar-refractivity contribution in [2.75, 3.05) is 6.54 Å². The summed E-state index contributed by atoms with van der Waals surface area (Å²) in [6.45, 7) is 0.598. The van der Waals surface area contributed by atoms with E-state index in [9.17, 15) is 9.59 Å². The van der Waals surface area contributed by atoms with Gasteiger partial charge in [-0.05, 0) is 38.5 Å². The number of rotatable bonds is 6. The number of H-pyrrole nitrogens is 1. The molecule has 0 bridgehead atoms. The van der Waals surface area contributed by atoms with E-state index in [0.29, 0.717) is 24.6 Å². The van der Waals surface area contributed by atoms with Crippen LogP contribution in [-0.4, -0.2) is 27.6 Å². The third kappa shape index (κ3) is 4.42. The van der Waals surface area contributed by atoms with Crippen LogP contribution in [0.25, 0.3) is 0 Å². The summed E-state index contributed by atoms with van der Waals surface area (Å²) in [6, 6.07) is 0. The highest BCUT2D eigenvalue weighted by molar-refractivity contribution is 5.78. The molecule has 1 amide bonds. The summed E-state index contributed by atoms with van der Waals surface area (Å²) in [7, 11) is 0. The van der Waals surface area contributed by atoms with Gasteiger partial charge in [0.2, 0.25) is 5.91 Å². The largest absolute Gasteiger partial charge is 0.356 e. The van der Waals surface area contributed by atoms with Gasteiger partial charge in [0.05, 0.1) is 0 Å². The van der Waals surface area contributed by atoms with Gasteiger partial charge < -0.3 is 10.3 Å². The molecule has 1 heterocycles. The maximum absolute atomic E-state index is 12.2. The van der Waals surface area contributed by atoms with Crippen LogP contribution in [0, 0.1) is 5.92 Å². The first-order valence-electron chi connectivity index (χ1n) is 9.47. The number of amides is 1. The normalized spacial score (nSPS) is 19.5. The predicted octanol–water partition coefficient (Wildman–Crippen LogP) is 2.45. The monoisotopic (exact) mass is 332 g/mol. The van der Waals surface area contributed by atoms with Gasteiger partial charge >= 0.3 is 0 Å². The molecule has 0 saturated heterocycles. The first-order chi connectivity index (χ1) is 11.7. The number of aryl methyl sites for hydroxylation is 1. The molecular weight excluding hydrogens is 304 g/mol. The minimum absolute atomic E-state index is 0.118. The quantitative estimate of drug-likeness (QED) is 0.783. The summed E-state index contributed by atoms with van der Waals surface area (Å²) in [4.78, 5) is 27.0. The van der Waals surface area contributed by atoms with Gasteiger partial charge in [0.25, 0.3) is 5.56 Å². The summed E-state index contributed by atoms with van der Waals surface area (Å²) < 4.78 is 0. The van der Waals surface area contributed by atoms with Crippen molar-refractivity contribution >= 4 is 5.91 Å². The Kier molecular flexibility index (Phi) is 5.99. The Balaban J connectivity index is 1.45. The number of aromatic amines is 1. The predicted molar refractivity (Wildman–Crippen MR) is 91.8 cm³/mol. The summed E-state index contributed by atoms with van der Waals surface area (Å²) in [6.07, 6.45) is 11.5. The second kappa shape index (κ2) is 8.40. The van der Waals surface area contributed by atoms with Crippen LogP contribution in [0.15, 0.2) is 4.79 Å². The van der Waals surface area contributed by atoms with Crippen molar-refractivity contribution in [3.8, 4) is 0 Å². The topological polar surface area (TPSA) is 87.7 Å². The smallest absolute Gasteiger partial charge is 0.272 e. The zero-order valence-electron chi connectivity index (χ0n) is 14.4. The molecule has 2 aliphatic rings. The highest BCUT2D eigenvalue weighted by Crippen LogP contribution is 2.29. The first kappa shape index (κ1) is 17.1. The fraction of sp³-hybridized carbons (Fsp3) is 0.778. The highest BCUT2D eigenvalue weighted by atomic mass is 16.2. The Bertz CT molecular complexity index is 601. The van der Waals surface area contributed by atoms with Crippen LogP contribution in [0.3, 0.4) is 0 Å². The fourth-order valence-corrected chi connectivity index (χ4v) is 3.90. The second-order valence-corrected chi connectivity index (χ2v) is 7.20. The minimum atomic E-state index is -0.118. The van der Waals surface area contributed by atoms with Crippen molar-refractivity contribution in [3.05, 3.63) is 21.9 Å². The van der Waals surface area contributed by atoms with E-state index in [2.05, 4.69) is 20.5 Å². The third-order valence-corrected chi connectivity index (χ3v) is 5.39. The van der Waals surface area contributed by atoms with E-state index in [1.165, 1.54) is 19.3 Å². The highest BCUT2D eigenvalue weighted by Gasteiger charge is 2.22. The lowest BCUT2D eigenvalue weighted by molar-refractivity contribution is -0.124. The van der Waals surface area contributed by atoms with Gasteiger partial charge in [-0.1, -0.05) is 32.1 Å². The third-order valence-electron chi connectivity index (χ3n) is 5.39. The van der Waals surface area contributed by atoms with E-state index >= 15 is 0 Å². The molecule has 0 aliphatic heterocycles. The maximum Gasteiger partial charge on any atom is 0.272 e. The van der Waals surface area contributed by atoms with Crippen molar-refractivity contribution < 1.29 is 4.79 Å². The Morgan fingerprint density at radius 3 is 2.46 bits per heavy atom. The van der Waals surface area contributed by atoms with Gasteiger partial charge in [0.15, 0.2) is 0 Å². The second-order valence-electron chi connectivity index (χ2n) is 7.20. The Morgan fingerprint density at radius 2 is 1.75 bits per heavy atom. The lowest BCUT2D eigenvalue weighted by Gasteiger charge is -2.19. The molecule has 1 aromatic heterocycles. The number of nitrogens with one attached hydrogen (secondary N) is 2. The molecule has 0 spiro atoms. The summed E-state index contributed by atoms with van der Waals surface area (Å²) >= 11 is 0. The molecule has 3 rings (SSSR count). The van der Waals surface area contributed by atoms with Crippen LogP contribution >= 0.6 is 0 Å². The number of carbonyl (C=O) groups excluding carboxylic acids is 1. The molecule has 0 atom stereocenters. The molecule has 0 radical (unpaired) electrons. The molecule has 2 aliphatic carbocycles. The van der Waals surface area contributed by atoms with Gasteiger partial charge in [-0.25, -0.2) is 0 Å². The lowest BCUT2D eigenvalue weighted by atomic mass is 9.89. The van der Waals surface area contributed by atoms with Gasteiger partial charge in [-0.3, -0.25) is 9.59 Å². The average Bonchev–Trinajstić information content (AvgIpc) is 3.15. The lowest BCUT2D eigenvalue weighted by Crippen LogP contribution is -2.30. The molecule has 6 nitrogen and oxygen atoms in total. The molecule has 24 heavy (non-hydrogen) atoms. The van der Waals surface area contributed by atoms with Crippen molar-refractivity contribution in [1.29, 1.82) is 0 Å². The molecule has 2 fully saturated rings. The van der Waals surface area contributed by atoms with Crippen molar-refractivity contribution in [2.24, 2.45) is 5.92 Å². The number of aromatic nitrogens is 3. The van der Waals surface area contributed by atoms with E-state index < -0.39 is 0 Å². The zero-order chi connectivity index (χ0) is 16.8.